The average molecular weight is 494 g/mol. The minimum absolute atomic E-state index is 0.0179. The van der Waals surface area contributed by atoms with Gasteiger partial charge in [-0.3, -0.25) is 19.3 Å². The van der Waals surface area contributed by atoms with E-state index in [9.17, 15) is 19.5 Å². The molecule has 2 aromatic rings. The van der Waals surface area contributed by atoms with Crippen molar-refractivity contribution in [3.63, 3.8) is 0 Å². The number of carbonyl (C=O) groups excluding carboxylic acids is 3. The van der Waals surface area contributed by atoms with Crippen molar-refractivity contribution in [1.82, 2.24) is 9.80 Å². The van der Waals surface area contributed by atoms with Gasteiger partial charge in [0.1, 0.15) is 5.76 Å². The Hall–Kier alpha value is -3.43. The third-order valence-electron chi connectivity index (χ3n) is 7.19. The van der Waals surface area contributed by atoms with Gasteiger partial charge in [0.25, 0.3) is 11.8 Å². The van der Waals surface area contributed by atoms with Crippen LogP contribution in [0.5, 0.6) is 0 Å². The Morgan fingerprint density at radius 3 is 2.50 bits per heavy atom. The molecule has 1 saturated heterocycles. The van der Waals surface area contributed by atoms with E-state index < -0.39 is 28.9 Å². The number of aryl methyl sites for hydroxylation is 1. The highest BCUT2D eigenvalue weighted by molar-refractivity contribution is 6.25. The largest absolute Gasteiger partial charge is 0.503 e. The second kappa shape index (κ2) is 9.55. The second-order valence-corrected chi connectivity index (χ2v) is 9.41. The second-order valence-electron chi connectivity index (χ2n) is 9.41. The molecule has 3 aliphatic rings. The Bertz CT molecular complexity index is 1230. The molecule has 190 valence electrons. The highest BCUT2D eigenvalue weighted by Crippen LogP contribution is 2.53. The lowest BCUT2D eigenvalue weighted by Gasteiger charge is -2.36. The Morgan fingerprint density at radius 2 is 1.81 bits per heavy atom. The molecule has 0 saturated carbocycles. The summed E-state index contributed by atoms with van der Waals surface area (Å²) in [5.74, 6) is -1.97. The molecule has 0 bridgehead atoms. The molecule has 9 heteroatoms. The number of amides is 2. The summed E-state index contributed by atoms with van der Waals surface area (Å²) in [6, 6.07) is 10.4. The van der Waals surface area contributed by atoms with E-state index in [1.165, 1.54) is 11.0 Å². The molecule has 1 spiro atoms. The maximum Gasteiger partial charge on any atom is 0.290 e. The first-order chi connectivity index (χ1) is 17.4. The van der Waals surface area contributed by atoms with Crippen LogP contribution in [0.2, 0.25) is 0 Å². The normalized spacial score (nSPS) is 22.3. The van der Waals surface area contributed by atoms with Gasteiger partial charge in [0.15, 0.2) is 17.1 Å². The molecule has 3 aliphatic heterocycles. The number of anilines is 1. The van der Waals surface area contributed by atoms with Gasteiger partial charge in [-0.2, -0.15) is 0 Å². The predicted octanol–water partition coefficient (Wildman–Crippen LogP) is 2.80. The number of carbonyl (C=O) groups is 3. The lowest BCUT2D eigenvalue weighted by atomic mass is 9.81. The number of Topliss-reactive ketones (excluding diaryl/α,β-unsaturated/α-hetero) is 1. The van der Waals surface area contributed by atoms with Crippen molar-refractivity contribution >= 4 is 23.3 Å². The van der Waals surface area contributed by atoms with Gasteiger partial charge in [0.2, 0.25) is 5.78 Å². The Balaban J connectivity index is 1.60. The van der Waals surface area contributed by atoms with Crippen LogP contribution < -0.4 is 4.90 Å². The molecule has 5 rings (SSSR count). The zero-order valence-corrected chi connectivity index (χ0v) is 20.7. The molecular weight excluding hydrogens is 462 g/mol. The Kier molecular flexibility index (Phi) is 6.44. The van der Waals surface area contributed by atoms with Crippen LogP contribution >= 0.6 is 0 Å². The highest BCUT2D eigenvalue weighted by Gasteiger charge is 2.65. The lowest BCUT2D eigenvalue weighted by molar-refractivity contribution is -0.140. The first-order valence-corrected chi connectivity index (χ1v) is 12.5. The van der Waals surface area contributed by atoms with Crippen molar-refractivity contribution in [1.29, 1.82) is 0 Å². The number of hydrogen-bond acceptors (Lipinski definition) is 7. The molecule has 1 atom stereocenters. The Morgan fingerprint density at radius 1 is 1.06 bits per heavy atom. The van der Waals surface area contributed by atoms with Crippen molar-refractivity contribution in [2.24, 2.45) is 0 Å². The predicted molar refractivity (Wildman–Crippen MR) is 132 cm³/mol. The monoisotopic (exact) mass is 493 g/mol. The van der Waals surface area contributed by atoms with Gasteiger partial charge in [0, 0.05) is 38.3 Å². The summed E-state index contributed by atoms with van der Waals surface area (Å²) in [7, 11) is 0. The van der Waals surface area contributed by atoms with Gasteiger partial charge in [-0.25, -0.2) is 0 Å². The lowest BCUT2D eigenvalue weighted by Crippen LogP contribution is -2.54. The van der Waals surface area contributed by atoms with Crippen LogP contribution in [0.1, 0.15) is 41.6 Å². The number of morpholine rings is 1. The molecule has 1 fully saturated rings. The molecule has 0 aliphatic carbocycles. The average Bonchev–Trinajstić information content (AvgIpc) is 3.49. The van der Waals surface area contributed by atoms with E-state index in [1.54, 1.807) is 30.0 Å². The smallest absolute Gasteiger partial charge is 0.290 e. The number of aliphatic hydroxyl groups excluding tert-OH is 1. The van der Waals surface area contributed by atoms with Crippen LogP contribution in [0.15, 0.2) is 52.1 Å². The number of rotatable bonds is 8. The van der Waals surface area contributed by atoms with Crippen LogP contribution in [0.4, 0.5) is 5.69 Å². The summed E-state index contributed by atoms with van der Waals surface area (Å²) < 4.78 is 11.0. The number of benzene rings is 1. The number of nitrogens with zero attached hydrogens (tertiary/aromatic N) is 3. The van der Waals surface area contributed by atoms with E-state index in [2.05, 4.69) is 4.90 Å². The first kappa shape index (κ1) is 24.3. The number of ether oxygens (including phenoxy) is 1. The molecule has 2 amide bonds. The summed E-state index contributed by atoms with van der Waals surface area (Å²) in [6.07, 6.45) is 1.27. The molecule has 36 heavy (non-hydrogen) atoms. The van der Waals surface area contributed by atoms with Crippen molar-refractivity contribution in [2.75, 3.05) is 50.8 Å². The van der Waals surface area contributed by atoms with Crippen LogP contribution in [0.3, 0.4) is 0 Å². The summed E-state index contributed by atoms with van der Waals surface area (Å²) in [4.78, 5) is 46.9. The Labute approximate surface area is 209 Å². The first-order valence-electron chi connectivity index (χ1n) is 12.5. The van der Waals surface area contributed by atoms with E-state index in [4.69, 9.17) is 9.15 Å². The standard InChI is InChI=1S/C27H31N3O6/c1-3-11-29-20-8-5-4-7-19(20)27(26(29)34)22(23(31)21-10-9-18(2)36-21)24(32)25(33)30(27)13-6-12-28-14-16-35-17-15-28/h4-5,7-10,32H,3,6,11-17H2,1-2H3/t27-/m1/s1. The number of hydrogen-bond donors (Lipinski definition) is 1. The zero-order valence-electron chi connectivity index (χ0n) is 20.7. The maximum absolute atomic E-state index is 14.3. The molecule has 1 aromatic heterocycles. The number of furan rings is 1. The van der Waals surface area contributed by atoms with Gasteiger partial charge in [-0.1, -0.05) is 25.1 Å². The van der Waals surface area contributed by atoms with Gasteiger partial charge >= 0.3 is 0 Å². The van der Waals surface area contributed by atoms with Crippen molar-refractivity contribution < 1.29 is 28.6 Å². The van der Waals surface area contributed by atoms with Gasteiger partial charge in [-0.15, -0.1) is 0 Å². The minimum Gasteiger partial charge on any atom is -0.503 e. The summed E-state index contributed by atoms with van der Waals surface area (Å²) >= 11 is 0. The fourth-order valence-electron chi connectivity index (χ4n) is 5.57. The van der Waals surface area contributed by atoms with E-state index >= 15 is 0 Å². The maximum atomic E-state index is 14.3. The number of ketones is 1. The van der Waals surface area contributed by atoms with E-state index in [0.717, 1.165) is 13.1 Å². The summed E-state index contributed by atoms with van der Waals surface area (Å²) in [6.45, 7) is 7.93. The molecule has 0 radical (unpaired) electrons. The fourth-order valence-corrected chi connectivity index (χ4v) is 5.57. The molecule has 1 N–H and O–H groups in total. The van der Waals surface area contributed by atoms with Crippen molar-refractivity contribution in [3.8, 4) is 0 Å². The highest BCUT2D eigenvalue weighted by atomic mass is 16.5. The van der Waals surface area contributed by atoms with Crippen LogP contribution in [0.25, 0.3) is 0 Å². The quantitative estimate of drug-likeness (QED) is 0.564. The van der Waals surface area contributed by atoms with E-state index in [1.807, 2.05) is 19.1 Å². The summed E-state index contributed by atoms with van der Waals surface area (Å²) in [5, 5.41) is 11.1. The topological polar surface area (TPSA) is 104 Å². The SMILES string of the molecule is CCCN1C(=O)[C@]2(C(C(=O)c3ccc(C)o3)=C(O)C(=O)N2CCCN2CCOCC2)c2ccccc21. The number of para-hydroxylation sites is 1. The number of aliphatic hydroxyl groups is 1. The van der Waals surface area contributed by atoms with Gasteiger partial charge in [0.05, 0.1) is 24.5 Å². The van der Waals surface area contributed by atoms with Gasteiger partial charge < -0.3 is 24.1 Å². The van der Waals surface area contributed by atoms with E-state index in [-0.39, 0.29) is 17.9 Å². The minimum atomic E-state index is -1.74. The van der Waals surface area contributed by atoms with E-state index in [0.29, 0.717) is 56.2 Å². The molecule has 1 aromatic carbocycles. The summed E-state index contributed by atoms with van der Waals surface area (Å²) in [5.41, 5.74) is -0.801. The van der Waals surface area contributed by atoms with Crippen LogP contribution in [-0.2, 0) is 19.9 Å². The molecular formula is C27H31N3O6. The third kappa shape index (κ3) is 3.65. The number of fused-ring (bicyclic) bond motifs is 2. The zero-order chi connectivity index (χ0) is 25.4. The van der Waals surface area contributed by atoms with Gasteiger partial charge in [-0.05, 0) is 38.0 Å². The third-order valence-corrected chi connectivity index (χ3v) is 7.19. The fraction of sp³-hybridized carbons (Fsp3) is 0.444. The van der Waals surface area contributed by atoms with Crippen molar-refractivity contribution in [3.05, 3.63) is 64.8 Å². The molecule has 9 nitrogen and oxygen atoms in total. The van der Waals surface area contributed by atoms with Crippen LogP contribution in [-0.4, -0.2) is 78.4 Å². The van der Waals surface area contributed by atoms with Crippen LogP contribution in [0, 0.1) is 6.92 Å². The van der Waals surface area contributed by atoms with Crippen molar-refractivity contribution in [2.45, 2.75) is 32.2 Å². The molecule has 0 unspecified atom stereocenters. The molecule has 4 heterocycles.